The lowest BCUT2D eigenvalue weighted by Crippen LogP contribution is -2.58. The quantitative estimate of drug-likeness (QED) is 0.821. The van der Waals surface area contributed by atoms with Gasteiger partial charge in [0, 0.05) is 6.20 Å². The molecule has 0 aromatic carbocycles. The Morgan fingerprint density at radius 3 is 2.62 bits per heavy atom. The molecule has 0 bridgehead atoms. The van der Waals surface area contributed by atoms with Crippen molar-refractivity contribution in [2.24, 2.45) is 11.7 Å². The molecule has 1 aromatic heterocycles. The van der Waals surface area contributed by atoms with E-state index in [9.17, 15) is 12.8 Å². The van der Waals surface area contributed by atoms with E-state index in [1.165, 1.54) is 0 Å². The summed E-state index contributed by atoms with van der Waals surface area (Å²) in [4.78, 5) is 3.47. The van der Waals surface area contributed by atoms with E-state index in [4.69, 9.17) is 18.0 Å². The fourth-order valence-corrected chi connectivity index (χ4v) is 4.24. The average Bonchev–Trinajstić information content (AvgIpc) is 2.41. The van der Waals surface area contributed by atoms with Gasteiger partial charge in [-0.2, -0.15) is 4.72 Å². The van der Waals surface area contributed by atoms with Crippen molar-refractivity contribution in [3.63, 3.8) is 0 Å². The van der Waals surface area contributed by atoms with E-state index in [2.05, 4.69) is 16.6 Å². The predicted molar refractivity (Wildman–Crippen MR) is 81.7 cm³/mol. The summed E-state index contributed by atoms with van der Waals surface area (Å²) in [7, 11) is -3.92. The first-order chi connectivity index (χ1) is 9.75. The first kappa shape index (κ1) is 16.3. The average molecular weight is 331 g/mol. The van der Waals surface area contributed by atoms with Crippen molar-refractivity contribution < 1.29 is 12.8 Å². The molecule has 21 heavy (non-hydrogen) atoms. The van der Waals surface area contributed by atoms with Gasteiger partial charge < -0.3 is 5.73 Å². The molecule has 2 rings (SSSR count). The summed E-state index contributed by atoms with van der Waals surface area (Å²) < 4.78 is 40.6. The molecular formula is C13H18FN3O2S2. The molecule has 1 aliphatic carbocycles. The van der Waals surface area contributed by atoms with Crippen LogP contribution in [0.3, 0.4) is 0 Å². The van der Waals surface area contributed by atoms with Gasteiger partial charge in [0.05, 0.1) is 16.7 Å². The molecule has 3 N–H and O–H groups in total. The molecular weight excluding hydrogens is 313 g/mol. The highest BCUT2D eigenvalue weighted by Crippen LogP contribution is 2.33. The molecule has 1 saturated carbocycles. The number of rotatable bonds is 4. The van der Waals surface area contributed by atoms with Gasteiger partial charge in [0.2, 0.25) is 10.0 Å². The first-order valence-electron chi connectivity index (χ1n) is 6.70. The highest BCUT2D eigenvalue weighted by Gasteiger charge is 2.40. The number of thiocarbonyl (C=S) groups is 1. The third-order valence-electron chi connectivity index (χ3n) is 3.92. The zero-order chi connectivity index (χ0) is 15.7. The van der Waals surface area contributed by atoms with Crippen molar-refractivity contribution in [2.75, 3.05) is 0 Å². The van der Waals surface area contributed by atoms with Crippen LogP contribution in [0.5, 0.6) is 0 Å². The van der Waals surface area contributed by atoms with E-state index < -0.39 is 21.4 Å². The van der Waals surface area contributed by atoms with Gasteiger partial charge in [0.1, 0.15) is 10.7 Å². The Balaban J connectivity index is 2.30. The fraction of sp³-hybridized carbons (Fsp3) is 0.538. The molecule has 8 heteroatoms. The van der Waals surface area contributed by atoms with Crippen molar-refractivity contribution in [3.05, 3.63) is 24.3 Å². The minimum absolute atomic E-state index is 0.127. The summed E-state index contributed by atoms with van der Waals surface area (Å²) in [6.45, 7) is 2.11. The monoisotopic (exact) mass is 331 g/mol. The van der Waals surface area contributed by atoms with E-state index in [1.54, 1.807) is 0 Å². The van der Waals surface area contributed by atoms with Gasteiger partial charge in [-0.15, -0.1) is 0 Å². The molecule has 0 atom stereocenters. The van der Waals surface area contributed by atoms with Crippen LogP contribution >= 0.6 is 12.2 Å². The Morgan fingerprint density at radius 2 is 2.10 bits per heavy atom. The SMILES string of the molecule is CC1CCC(NS(=O)(=O)c2cncc(F)c2)(C(N)=S)CC1. The minimum atomic E-state index is -3.92. The second-order valence-corrected chi connectivity index (χ2v) is 7.70. The lowest BCUT2D eigenvalue weighted by atomic mass is 9.78. The van der Waals surface area contributed by atoms with Gasteiger partial charge >= 0.3 is 0 Å². The van der Waals surface area contributed by atoms with Gasteiger partial charge in [-0.3, -0.25) is 4.98 Å². The van der Waals surface area contributed by atoms with Crippen LogP contribution in [0, 0.1) is 11.7 Å². The van der Waals surface area contributed by atoms with Crippen LogP contribution in [0.1, 0.15) is 32.6 Å². The summed E-state index contributed by atoms with van der Waals surface area (Å²) in [6.07, 6.45) is 4.81. The van der Waals surface area contributed by atoms with Crippen molar-refractivity contribution in [2.45, 2.75) is 43.0 Å². The Hall–Kier alpha value is -1.12. The molecule has 116 valence electrons. The molecule has 0 saturated heterocycles. The molecule has 0 aliphatic heterocycles. The molecule has 0 radical (unpaired) electrons. The van der Waals surface area contributed by atoms with Gasteiger partial charge in [0.15, 0.2) is 0 Å². The van der Waals surface area contributed by atoms with E-state index in [-0.39, 0.29) is 9.88 Å². The number of aromatic nitrogens is 1. The Kier molecular flexibility index (Phi) is 4.60. The number of nitrogens with two attached hydrogens (primary N) is 1. The minimum Gasteiger partial charge on any atom is -0.392 e. The number of nitrogens with one attached hydrogen (secondary N) is 1. The standard InChI is InChI=1S/C13H18FN3O2S2/c1-9-2-4-13(5-3-9,12(15)20)17-21(18,19)11-6-10(14)7-16-8-11/h6-9,17H,2-5H2,1H3,(H2,15,20). The second-order valence-electron chi connectivity index (χ2n) is 5.57. The molecule has 1 fully saturated rings. The Morgan fingerprint density at radius 1 is 1.48 bits per heavy atom. The number of halogens is 1. The molecule has 0 unspecified atom stereocenters. The summed E-state index contributed by atoms with van der Waals surface area (Å²) in [5, 5.41) is 0. The maximum Gasteiger partial charge on any atom is 0.243 e. The fourth-order valence-electron chi connectivity index (χ4n) is 2.51. The van der Waals surface area contributed by atoms with Crippen molar-refractivity contribution in [1.29, 1.82) is 0 Å². The topological polar surface area (TPSA) is 85.1 Å². The van der Waals surface area contributed by atoms with E-state index >= 15 is 0 Å². The number of hydrogen-bond acceptors (Lipinski definition) is 4. The largest absolute Gasteiger partial charge is 0.392 e. The molecule has 1 aliphatic rings. The molecule has 1 aromatic rings. The van der Waals surface area contributed by atoms with Gasteiger partial charge in [-0.25, -0.2) is 12.8 Å². The maximum absolute atomic E-state index is 13.2. The van der Waals surface area contributed by atoms with Crippen LogP contribution in [0.25, 0.3) is 0 Å². The van der Waals surface area contributed by atoms with Gasteiger partial charge in [-0.05, 0) is 37.7 Å². The maximum atomic E-state index is 13.2. The van der Waals surface area contributed by atoms with Crippen LogP contribution in [0.4, 0.5) is 4.39 Å². The van der Waals surface area contributed by atoms with Crippen LogP contribution < -0.4 is 10.5 Å². The van der Waals surface area contributed by atoms with Crippen molar-refractivity contribution >= 4 is 27.2 Å². The Labute approximate surface area is 129 Å². The summed E-state index contributed by atoms with van der Waals surface area (Å²) in [5.41, 5.74) is 4.84. The van der Waals surface area contributed by atoms with Gasteiger partial charge in [0.25, 0.3) is 0 Å². The highest BCUT2D eigenvalue weighted by molar-refractivity contribution is 7.89. The molecule has 5 nitrogen and oxygen atoms in total. The van der Waals surface area contributed by atoms with Crippen molar-refractivity contribution in [1.82, 2.24) is 9.71 Å². The third kappa shape index (κ3) is 3.56. The van der Waals surface area contributed by atoms with Gasteiger partial charge in [-0.1, -0.05) is 19.1 Å². The number of sulfonamides is 1. The normalized spacial score (nSPS) is 26.5. The summed E-state index contributed by atoms with van der Waals surface area (Å²) in [5.74, 6) is -0.202. The van der Waals surface area contributed by atoms with Crippen molar-refractivity contribution in [3.8, 4) is 0 Å². The molecule has 0 amide bonds. The third-order valence-corrected chi connectivity index (χ3v) is 5.81. The second kappa shape index (κ2) is 5.94. The zero-order valence-corrected chi connectivity index (χ0v) is 13.3. The first-order valence-corrected chi connectivity index (χ1v) is 8.59. The predicted octanol–water partition coefficient (Wildman–Crippen LogP) is 1.73. The number of nitrogens with zero attached hydrogens (tertiary/aromatic N) is 1. The molecule has 0 spiro atoms. The van der Waals surface area contributed by atoms with Crippen LogP contribution in [0.15, 0.2) is 23.4 Å². The number of hydrogen-bond donors (Lipinski definition) is 2. The van der Waals surface area contributed by atoms with E-state index in [1.807, 2.05) is 0 Å². The lowest BCUT2D eigenvalue weighted by Gasteiger charge is -2.38. The van der Waals surface area contributed by atoms with Crippen LogP contribution in [-0.4, -0.2) is 23.9 Å². The Bertz CT molecular complexity index is 641. The molecule has 1 heterocycles. The number of pyridine rings is 1. The van der Waals surface area contributed by atoms with Crippen LogP contribution in [-0.2, 0) is 10.0 Å². The summed E-state index contributed by atoms with van der Waals surface area (Å²) in [6, 6.07) is 0.925. The summed E-state index contributed by atoms with van der Waals surface area (Å²) >= 11 is 5.07. The smallest absolute Gasteiger partial charge is 0.243 e. The van der Waals surface area contributed by atoms with E-state index in [0.717, 1.165) is 31.3 Å². The lowest BCUT2D eigenvalue weighted by molar-refractivity contribution is 0.289. The zero-order valence-electron chi connectivity index (χ0n) is 11.7. The van der Waals surface area contributed by atoms with Crippen LogP contribution in [0.2, 0.25) is 0 Å². The van der Waals surface area contributed by atoms with E-state index in [0.29, 0.717) is 18.8 Å². The highest BCUT2D eigenvalue weighted by atomic mass is 32.2.